The number of ether oxygens (including phenoxy) is 1. The van der Waals surface area contributed by atoms with Crippen molar-refractivity contribution in [3.8, 4) is 11.8 Å². The van der Waals surface area contributed by atoms with Gasteiger partial charge in [-0.15, -0.1) is 0 Å². The fourth-order valence-corrected chi connectivity index (χ4v) is 1.77. The first-order valence-corrected chi connectivity index (χ1v) is 6.17. The molecule has 2 rings (SSSR count). The molecule has 0 aromatic heterocycles. The molecule has 1 N–H and O–H groups in total. The Morgan fingerprint density at radius 2 is 1.95 bits per heavy atom. The Kier molecular flexibility index (Phi) is 4.34. The second-order valence-electron chi connectivity index (χ2n) is 4.49. The maximum Gasteiger partial charge on any atom is 0.165 e. The molecule has 0 saturated carbocycles. The van der Waals surface area contributed by atoms with Crippen LogP contribution < -0.4 is 4.74 Å². The van der Waals surface area contributed by atoms with Crippen LogP contribution in [0.5, 0.6) is 5.75 Å². The van der Waals surface area contributed by atoms with Crippen LogP contribution in [0.1, 0.15) is 22.8 Å². The maximum absolute atomic E-state index is 13.5. The third-order valence-electron chi connectivity index (χ3n) is 2.91. The highest BCUT2D eigenvalue weighted by Gasteiger charge is 2.10. The molecular weight excluding hydrogens is 257 g/mol. The molecule has 0 saturated heterocycles. The van der Waals surface area contributed by atoms with Crippen molar-refractivity contribution in [3.05, 3.63) is 65.0 Å². The Hall–Kier alpha value is -2.38. The third-order valence-corrected chi connectivity index (χ3v) is 2.91. The van der Waals surface area contributed by atoms with Crippen molar-refractivity contribution in [1.82, 2.24) is 0 Å². The molecule has 1 atom stereocenters. The number of hydrogen-bond donors (Lipinski definition) is 1. The van der Waals surface area contributed by atoms with E-state index in [9.17, 15) is 9.50 Å². The smallest absolute Gasteiger partial charge is 0.165 e. The van der Waals surface area contributed by atoms with Crippen molar-refractivity contribution < 1.29 is 14.2 Å². The fraction of sp³-hybridized carbons (Fsp3) is 0.188. The van der Waals surface area contributed by atoms with Crippen molar-refractivity contribution in [2.24, 2.45) is 0 Å². The van der Waals surface area contributed by atoms with Crippen LogP contribution in [0, 0.1) is 24.1 Å². The summed E-state index contributed by atoms with van der Waals surface area (Å²) in [4.78, 5) is 0. The number of rotatable bonds is 4. The summed E-state index contributed by atoms with van der Waals surface area (Å²) in [6.45, 7) is 1.79. The normalized spacial score (nSPS) is 11.7. The van der Waals surface area contributed by atoms with E-state index >= 15 is 0 Å². The van der Waals surface area contributed by atoms with E-state index in [4.69, 9.17) is 10.00 Å². The summed E-state index contributed by atoms with van der Waals surface area (Å²) in [5.74, 6) is -0.333. The number of aliphatic hydroxyl groups is 1. The lowest BCUT2D eigenvalue weighted by Gasteiger charge is -2.13. The average molecular weight is 271 g/mol. The molecule has 0 heterocycles. The van der Waals surface area contributed by atoms with E-state index in [1.54, 1.807) is 36.4 Å². The molecule has 0 aliphatic heterocycles. The zero-order chi connectivity index (χ0) is 14.5. The number of aliphatic hydroxyl groups excluding tert-OH is 1. The number of aryl methyl sites for hydroxylation is 1. The van der Waals surface area contributed by atoms with Crippen LogP contribution in [0.25, 0.3) is 0 Å². The first-order chi connectivity index (χ1) is 9.60. The zero-order valence-electron chi connectivity index (χ0n) is 11.0. The average Bonchev–Trinajstić information content (AvgIpc) is 2.48. The van der Waals surface area contributed by atoms with Gasteiger partial charge in [0, 0.05) is 0 Å². The molecule has 20 heavy (non-hydrogen) atoms. The van der Waals surface area contributed by atoms with Gasteiger partial charge in [-0.1, -0.05) is 18.2 Å². The summed E-state index contributed by atoms with van der Waals surface area (Å²) in [6.07, 6.45) is -0.873. The topological polar surface area (TPSA) is 53.2 Å². The molecule has 0 bridgehead atoms. The Morgan fingerprint density at radius 3 is 2.60 bits per heavy atom. The zero-order valence-corrected chi connectivity index (χ0v) is 11.0. The number of benzene rings is 2. The van der Waals surface area contributed by atoms with Gasteiger partial charge >= 0.3 is 0 Å². The Morgan fingerprint density at radius 1 is 1.25 bits per heavy atom. The highest BCUT2D eigenvalue weighted by Crippen LogP contribution is 2.21. The van der Waals surface area contributed by atoms with Crippen LogP contribution in [0.4, 0.5) is 4.39 Å². The lowest BCUT2D eigenvalue weighted by Crippen LogP contribution is -2.10. The lowest BCUT2D eigenvalue weighted by atomic mass is 10.1. The largest absolute Gasteiger partial charge is 0.487 e. The van der Waals surface area contributed by atoms with Gasteiger partial charge in [-0.2, -0.15) is 5.26 Å². The molecule has 0 radical (unpaired) electrons. The van der Waals surface area contributed by atoms with Crippen molar-refractivity contribution in [1.29, 1.82) is 5.26 Å². The molecule has 102 valence electrons. The van der Waals surface area contributed by atoms with Gasteiger partial charge in [-0.05, 0) is 42.3 Å². The Bertz CT molecular complexity index is 632. The molecule has 0 amide bonds. The summed E-state index contributed by atoms with van der Waals surface area (Å²) in [5, 5.41) is 18.7. The van der Waals surface area contributed by atoms with E-state index in [2.05, 4.69) is 0 Å². The molecule has 0 spiro atoms. The Labute approximate surface area is 116 Å². The minimum absolute atomic E-state index is 0.0493. The number of hydrogen-bond acceptors (Lipinski definition) is 3. The van der Waals surface area contributed by atoms with Gasteiger partial charge in [0.15, 0.2) is 11.6 Å². The van der Waals surface area contributed by atoms with Gasteiger partial charge in [0.05, 0.1) is 11.6 Å². The third kappa shape index (κ3) is 3.34. The second kappa shape index (κ2) is 6.18. The lowest BCUT2D eigenvalue weighted by molar-refractivity contribution is 0.106. The summed E-state index contributed by atoms with van der Waals surface area (Å²) in [5.41, 5.74) is 2.03. The van der Waals surface area contributed by atoms with Gasteiger partial charge in [0.25, 0.3) is 0 Å². The van der Waals surface area contributed by atoms with Crippen LogP contribution in [-0.2, 0) is 0 Å². The molecule has 0 fully saturated rings. The van der Waals surface area contributed by atoms with Crippen molar-refractivity contribution in [2.75, 3.05) is 6.61 Å². The number of halogens is 1. The van der Waals surface area contributed by atoms with Crippen LogP contribution in [0.3, 0.4) is 0 Å². The summed E-state index contributed by atoms with van der Waals surface area (Å²) >= 11 is 0. The monoisotopic (exact) mass is 271 g/mol. The second-order valence-corrected chi connectivity index (χ2v) is 4.49. The molecule has 3 nitrogen and oxygen atoms in total. The summed E-state index contributed by atoms with van der Waals surface area (Å²) < 4.78 is 18.8. The van der Waals surface area contributed by atoms with E-state index < -0.39 is 11.9 Å². The fourth-order valence-electron chi connectivity index (χ4n) is 1.77. The van der Waals surface area contributed by atoms with Crippen LogP contribution in [0.15, 0.2) is 42.5 Å². The van der Waals surface area contributed by atoms with Crippen LogP contribution in [-0.4, -0.2) is 11.7 Å². The molecule has 4 heteroatoms. The molecule has 2 aromatic rings. The van der Waals surface area contributed by atoms with Crippen LogP contribution in [0.2, 0.25) is 0 Å². The minimum Gasteiger partial charge on any atom is -0.487 e. The summed E-state index contributed by atoms with van der Waals surface area (Å²) in [6, 6.07) is 13.1. The van der Waals surface area contributed by atoms with E-state index in [0.717, 1.165) is 5.56 Å². The minimum atomic E-state index is -0.873. The molecular formula is C16H14FNO2. The molecule has 1 unspecified atom stereocenters. The number of nitriles is 1. The highest BCUT2D eigenvalue weighted by atomic mass is 19.1. The Balaban J connectivity index is 2.02. The van der Waals surface area contributed by atoms with E-state index in [1.807, 2.05) is 13.0 Å². The van der Waals surface area contributed by atoms with E-state index in [-0.39, 0.29) is 12.4 Å². The highest BCUT2D eigenvalue weighted by molar-refractivity contribution is 5.33. The van der Waals surface area contributed by atoms with E-state index in [0.29, 0.717) is 11.1 Å². The maximum atomic E-state index is 13.5. The van der Waals surface area contributed by atoms with Gasteiger partial charge in [-0.25, -0.2) is 4.39 Å². The van der Waals surface area contributed by atoms with Gasteiger partial charge in [0.1, 0.15) is 12.7 Å². The van der Waals surface area contributed by atoms with E-state index in [1.165, 1.54) is 6.07 Å². The van der Waals surface area contributed by atoms with Gasteiger partial charge in [0.2, 0.25) is 0 Å². The first-order valence-electron chi connectivity index (χ1n) is 6.17. The predicted octanol–water partition coefficient (Wildman–Crippen LogP) is 3.12. The summed E-state index contributed by atoms with van der Waals surface area (Å²) in [7, 11) is 0. The quantitative estimate of drug-likeness (QED) is 0.929. The predicted molar refractivity (Wildman–Crippen MR) is 72.7 cm³/mol. The molecule has 2 aromatic carbocycles. The van der Waals surface area contributed by atoms with Gasteiger partial charge < -0.3 is 9.84 Å². The molecule has 0 aliphatic rings. The number of nitrogens with zero attached hydrogens (tertiary/aromatic N) is 1. The van der Waals surface area contributed by atoms with Crippen molar-refractivity contribution >= 4 is 0 Å². The van der Waals surface area contributed by atoms with Crippen LogP contribution >= 0.6 is 0 Å². The van der Waals surface area contributed by atoms with Crippen molar-refractivity contribution in [3.63, 3.8) is 0 Å². The van der Waals surface area contributed by atoms with Gasteiger partial charge in [-0.3, -0.25) is 0 Å². The standard InChI is InChI=1S/C16H14FNO2/c1-11-2-7-14(17)16(8-11)20-10-15(19)13-5-3-12(9-18)4-6-13/h2-8,15,19H,10H2,1H3. The first kappa shape index (κ1) is 14.0. The SMILES string of the molecule is Cc1ccc(F)c(OCC(O)c2ccc(C#N)cc2)c1. The van der Waals surface area contributed by atoms with Crippen molar-refractivity contribution in [2.45, 2.75) is 13.0 Å². The molecule has 0 aliphatic carbocycles.